The van der Waals surface area contributed by atoms with Gasteiger partial charge in [0.15, 0.2) is 0 Å². The standard InChI is InChI=1S/C4HN5OS/c11-4-6-2(7-9-4)3-8-5-1-10-3/h1H. The van der Waals surface area contributed by atoms with E-state index in [1.807, 2.05) is 0 Å². The van der Waals surface area contributed by atoms with Gasteiger partial charge in [0.2, 0.25) is 17.3 Å². The van der Waals surface area contributed by atoms with Crippen molar-refractivity contribution in [2.24, 2.45) is 15.2 Å². The first-order valence-electron chi connectivity index (χ1n) is 2.67. The average Bonchev–Trinajstić information content (AvgIpc) is 2.55. The Hall–Kier alpha value is -1.50. The van der Waals surface area contributed by atoms with Crippen LogP contribution in [0.2, 0.25) is 0 Å². The van der Waals surface area contributed by atoms with Gasteiger partial charge in [0.1, 0.15) is 0 Å². The summed E-state index contributed by atoms with van der Waals surface area (Å²) in [6.45, 7) is 0. The average molecular weight is 167 g/mol. The SMILES string of the molecule is S=C1N=NC(c2nnco2)=N1. The van der Waals surface area contributed by atoms with Gasteiger partial charge in [-0.2, -0.15) is 4.99 Å². The van der Waals surface area contributed by atoms with Gasteiger partial charge in [0, 0.05) is 0 Å². The van der Waals surface area contributed by atoms with Gasteiger partial charge in [-0.3, -0.25) is 0 Å². The van der Waals surface area contributed by atoms with E-state index in [0.717, 1.165) is 0 Å². The summed E-state index contributed by atoms with van der Waals surface area (Å²) in [5.74, 6) is 0.501. The summed E-state index contributed by atoms with van der Waals surface area (Å²) in [6.07, 6.45) is 1.19. The number of hydrogen-bond acceptors (Lipinski definition) is 5. The maximum Gasteiger partial charge on any atom is 0.287 e. The molecule has 0 bridgehead atoms. The second-order valence-electron chi connectivity index (χ2n) is 1.66. The highest BCUT2D eigenvalue weighted by Gasteiger charge is 2.14. The highest BCUT2D eigenvalue weighted by Crippen LogP contribution is 2.05. The minimum atomic E-state index is 0.179. The smallest absolute Gasteiger partial charge is 0.287 e. The Balaban J connectivity index is 2.40. The lowest BCUT2D eigenvalue weighted by Gasteiger charge is -1.80. The van der Waals surface area contributed by atoms with Crippen LogP contribution < -0.4 is 0 Å². The predicted molar refractivity (Wildman–Crippen MR) is 38.3 cm³/mol. The van der Waals surface area contributed by atoms with Crippen LogP contribution in [0.25, 0.3) is 0 Å². The fourth-order valence-corrected chi connectivity index (χ4v) is 0.714. The topological polar surface area (TPSA) is 76.0 Å². The van der Waals surface area contributed by atoms with Gasteiger partial charge in [-0.05, 0) is 12.2 Å². The molecule has 11 heavy (non-hydrogen) atoms. The van der Waals surface area contributed by atoms with E-state index >= 15 is 0 Å². The summed E-state index contributed by atoms with van der Waals surface area (Å²) < 4.78 is 4.80. The Morgan fingerprint density at radius 3 is 2.82 bits per heavy atom. The van der Waals surface area contributed by atoms with Crippen LogP contribution in [-0.2, 0) is 0 Å². The van der Waals surface area contributed by atoms with E-state index < -0.39 is 0 Å². The van der Waals surface area contributed by atoms with Crippen molar-refractivity contribution in [3.8, 4) is 0 Å². The van der Waals surface area contributed by atoms with Gasteiger partial charge < -0.3 is 4.42 Å². The largest absolute Gasteiger partial charge is 0.421 e. The maximum absolute atomic E-state index is 4.80. The predicted octanol–water partition coefficient (Wildman–Crippen LogP) is 0.567. The van der Waals surface area contributed by atoms with E-state index in [-0.39, 0.29) is 16.8 Å². The first-order valence-corrected chi connectivity index (χ1v) is 3.08. The third-order valence-corrected chi connectivity index (χ3v) is 1.16. The molecule has 0 radical (unpaired) electrons. The van der Waals surface area contributed by atoms with Crippen molar-refractivity contribution < 1.29 is 4.42 Å². The number of hydrogen-bond donors (Lipinski definition) is 0. The molecule has 7 heteroatoms. The lowest BCUT2D eigenvalue weighted by atomic mass is 10.6. The highest BCUT2D eigenvalue weighted by atomic mass is 32.1. The molecule has 2 rings (SSSR count). The quantitative estimate of drug-likeness (QED) is 0.573. The molecule has 1 aromatic heterocycles. The number of nitrogens with zero attached hydrogens (tertiary/aromatic N) is 5. The molecular formula is C4HN5OS. The van der Waals surface area contributed by atoms with Crippen molar-refractivity contribution in [1.29, 1.82) is 0 Å². The van der Waals surface area contributed by atoms with Crippen LogP contribution >= 0.6 is 12.2 Å². The molecule has 0 spiro atoms. The zero-order chi connectivity index (χ0) is 7.68. The third kappa shape index (κ3) is 1.05. The summed E-state index contributed by atoms with van der Waals surface area (Å²) in [5.41, 5.74) is 0. The minimum Gasteiger partial charge on any atom is -0.421 e. The summed E-state index contributed by atoms with van der Waals surface area (Å²) in [6, 6.07) is 0. The molecule has 0 amide bonds. The summed E-state index contributed by atoms with van der Waals surface area (Å²) in [5, 5.41) is 14.3. The number of aromatic nitrogens is 2. The minimum absolute atomic E-state index is 0.179. The Morgan fingerprint density at radius 2 is 2.27 bits per heavy atom. The molecule has 6 nitrogen and oxygen atoms in total. The number of azo groups is 1. The molecule has 1 aliphatic rings. The van der Waals surface area contributed by atoms with Crippen LogP contribution in [-0.4, -0.2) is 21.1 Å². The van der Waals surface area contributed by atoms with E-state index in [0.29, 0.717) is 0 Å². The van der Waals surface area contributed by atoms with Crippen LogP contribution in [0.3, 0.4) is 0 Å². The van der Waals surface area contributed by atoms with Crippen LogP contribution in [0.4, 0.5) is 0 Å². The van der Waals surface area contributed by atoms with Crippen molar-refractivity contribution in [1.82, 2.24) is 10.2 Å². The van der Waals surface area contributed by atoms with Gasteiger partial charge in [-0.25, -0.2) is 0 Å². The van der Waals surface area contributed by atoms with Crippen LogP contribution in [0, 0.1) is 0 Å². The molecule has 1 aromatic rings. The van der Waals surface area contributed by atoms with Gasteiger partial charge in [0.05, 0.1) is 0 Å². The molecule has 0 unspecified atom stereocenters. The fraction of sp³-hybridized carbons (Fsp3) is 0. The molecule has 0 atom stereocenters. The molecule has 0 N–H and O–H groups in total. The Bertz CT molecular complexity index is 339. The van der Waals surface area contributed by atoms with E-state index in [9.17, 15) is 0 Å². The van der Waals surface area contributed by atoms with Gasteiger partial charge >= 0.3 is 0 Å². The van der Waals surface area contributed by atoms with Crippen molar-refractivity contribution in [3.05, 3.63) is 12.3 Å². The summed E-state index contributed by atoms with van der Waals surface area (Å²) in [4.78, 5) is 3.75. The third-order valence-electron chi connectivity index (χ3n) is 0.983. The summed E-state index contributed by atoms with van der Waals surface area (Å²) >= 11 is 4.63. The monoisotopic (exact) mass is 167 g/mol. The first kappa shape index (κ1) is 6.23. The lowest BCUT2D eigenvalue weighted by molar-refractivity contribution is 0.542. The zero-order valence-electron chi connectivity index (χ0n) is 5.13. The number of amidine groups is 1. The molecule has 54 valence electrons. The Morgan fingerprint density at radius 1 is 1.36 bits per heavy atom. The normalized spacial score (nSPS) is 15.6. The van der Waals surface area contributed by atoms with Crippen LogP contribution in [0.5, 0.6) is 0 Å². The van der Waals surface area contributed by atoms with E-state index in [4.69, 9.17) is 4.42 Å². The highest BCUT2D eigenvalue weighted by molar-refractivity contribution is 7.80. The van der Waals surface area contributed by atoms with Crippen molar-refractivity contribution in [2.45, 2.75) is 0 Å². The molecule has 1 aliphatic heterocycles. The molecule has 0 saturated carbocycles. The maximum atomic E-state index is 4.80. The van der Waals surface area contributed by atoms with E-state index in [1.165, 1.54) is 6.39 Å². The molecule has 0 aliphatic carbocycles. The zero-order valence-corrected chi connectivity index (χ0v) is 5.95. The van der Waals surface area contributed by atoms with Crippen molar-refractivity contribution >= 4 is 23.2 Å². The van der Waals surface area contributed by atoms with Crippen LogP contribution in [0.15, 0.2) is 26.0 Å². The molecule has 2 heterocycles. The summed E-state index contributed by atoms with van der Waals surface area (Å²) in [7, 11) is 0. The second kappa shape index (κ2) is 2.27. The van der Waals surface area contributed by atoms with E-state index in [1.54, 1.807) is 0 Å². The van der Waals surface area contributed by atoms with Crippen molar-refractivity contribution in [2.75, 3.05) is 0 Å². The molecular weight excluding hydrogens is 166 g/mol. The van der Waals surface area contributed by atoms with Crippen LogP contribution in [0.1, 0.15) is 5.89 Å². The first-order chi connectivity index (χ1) is 5.36. The van der Waals surface area contributed by atoms with Crippen molar-refractivity contribution in [3.63, 3.8) is 0 Å². The molecule has 0 aromatic carbocycles. The molecule has 0 fully saturated rings. The van der Waals surface area contributed by atoms with Gasteiger partial charge in [0.25, 0.3) is 5.89 Å². The number of thiocarbonyl (C=S) groups is 1. The Kier molecular flexibility index (Phi) is 1.29. The second-order valence-corrected chi connectivity index (χ2v) is 2.03. The van der Waals surface area contributed by atoms with Gasteiger partial charge in [-0.15, -0.1) is 20.4 Å². The van der Waals surface area contributed by atoms with E-state index in [2.05, 4.69) is 37.6 Å². The number of rotatable bonds is 1. The fourth-order valence-electron chi connectivity index (χ4n) is 0.587. The number of aliphatic imine (C=N–C) groups is 1. The Labute approximate surface area is 66.1 Å². The molecule has 0 saturated heterocycles. The van der Waals surface area contributed by atoms with Gasteiger partial charge in [-0.1, -0.05) is 0 Å². The lowest BCUT2D eigenvalue weighted by Crippen LogP contribution is -1.93.